The van der Waals surface area contributed by atoms with Gasteiger partial charge in [0.25, 0.3) is 5.91 Å². The normalized spacial score (nSPS) is 10.2. The lowest BCUT2D eigenvalue weighted by molar-refractivity contribution is 0.102. The van der Waals surface area contributed by atoms with Crippen molar-refractivity contribution in [2.24, 2.45) is 0 Å². The van der Waals surface area contributed by atoms with Gasteiger partial charge in [-0.3, -0.25) is 4.79 Å². The second-order valence-corrected chi connectivity index (χ2v) is 5.59. The minimum absolute atomic E-state index is 0.271. The zero-order valence-corrected chi connectivity index (χ0v) is 14.2. The van der Waals surface area contributed by atoms with Gasteiger partial charge >= 0.3 is 0 Å². The average molecular weight is 354 g/mol. The summed E-state index contributed by atoms with van der Waals surface area (Å²) in [6.07, 6.45) is 1.61. The number of anilines is 3. The highest BCUT2D eigenvalue weighted by molar-refractivity contribution is 6.33. The van der Waals surface area contributed by atoms with Crippen molar-refractivity contribution in [3.63, 3.8) is 0 Å². The molecule has 126 valence electrons. The fourth-order valence-corrected chi connectivity index (χ4v) is 2.43. The molecule has 0 aliphatic heterocycles. The van der Waals surface area contributed by atoms with Crippen LogP contribution in [0.2, 0.25) is 5.02 Å². The molecule has 0 aliphatic carbocycles. The Balaban J connectivity index is 1.82. The Hall–Kier alpha value is -3.05. The molecular formula is C19H16ClN3O2. The van der Waals surface area contributed by atoms with Gasteiger partial charge in [0.15, 0.2) is 0 Å². The van der Waals surface area contributed by atoms with Gasteiger partial charge in [0.1, 0.15) is 11.6 Å². The molecule has 1 amide bonds. The summed E-state index contributed by atoms with van der Waals surface area (Å²) in [5.41, 5.74) is 1.76. The van der Waals surface area contributed by atoms with E-state index in [1.54, 1.807) is 55.8 Å². The van der Waals surface area contributed by atoms with Gasteiger partial charge in [-0.1, -0.05) is 23.7 Å². The smallest absolute Gasteiger partial charge is 0.259 e. The third-order valence-corrected chi connectivity index (χ3v) is 3.86. The zero-order valence-electron chi connectivity index (χ0n) is 13.5. The van der Waals surface area contributed by atoms with Crippen LogP contribution in [-0.2, 0) is 0 Å². The Bertz CT molecular complexity index is 882. The van der Waals surface area contributed by atoms with Crippen LogP contribution in [0.25, 0.3) is 0 Å². The van der Waals surface area contributed by atoms with Crippen LogP contribution in [0.5, 0.6) is 5.75 Å². The molecule has 0 unspecified atom stereocenters. The van der Waals surface area contributed by atoms with Crippen LogP contribution >= 0.6 is 11.6 Å². The lowest BCUT2D eigenvalue weighted by Gasteiger charge is -2.12. The second kappa shape index (κ2) is 7.68. The van der Waals surface area contributed by atoms with E-state index in [9.17, 15) is 4.79 Å². The number of nitrogens with zero attached hydrogens (tertiary/aromatic N) is 1. The van der Waals surface area contributed by atoms with E-state index in [0.717, 1.165) is 5.75 Å². The molecule has 0 radical (unpaired) electrons. The van der Waals surface area contributed by atoms with Crippen molar-refractivity contribution in [3.8, 4) is 5.75 Å². The summed E-state index contributed by atoms with van der Waals surface area (Å²) in [5.74, 6) is 0.884. The van der Waals surface area contributed by atoms with Crippen molar-refractivity contribution in [2.75, 3.05) is 17.7 Å². The van der Waals surface area contributed by atoms with Crippen LogP contribution in [0.15, 0.2) is 66.9 Å². The first-order valence-electron chi connectivity index (χ1n) is 7.59. The molecule has 0 saturated heterocycles. The van der Waals surface area contributed by atoms with Crippen LogP contribution in [0.3, 0.4) is 0 Å². The molecule has 0 aliphatic rings. The largest absolute Gasteiger partial charge is 0.497 e. The highest BCUT2D eigenvalue weighted by atomic mass is 35.5. The van der Waals surface area contributed by atoms with E-state index in [1.165, 1.54) is 0 Å². The molecule has 6 heteroatoms. The number of nitrogens with one attached hydrogen (secondary N) is 2. The molecule has 2 N–H and O–H groups in total. The van der Waals surface area contributed by atoms with E-state index in [2.05, 4.69) is 15.6 Å². The second-order valence-electron chi connectivity index (χ2n) is 5.19. The standard InChI is InChI=1S/C19H16ClN3O2/c1-25-14-10-8-13(9-11-14)22-19(24)15-5-4-12-21-18(15)23-17-7-3-2-6-16(17)20/h2-12H,1H3,(H,21,23)(H,22,24). The maximum atomic E-state index is 12.6. The first kappa shape index (κ1) is 16.8. The Kier molecular flexibility index (Phi) is 5.16. The van der Waals surface area contributed by atoms with Crippen molar-refractivity contribution in [1.29, 1.82) is 0 Å². The van der Waals surface area contributed by atoms with Gasteiger partial charge in [0.2, 0.25) is 0 Å². The van der Waals surface area contributed by atoms with Gasteiger partial charge in [-0.2, -0.15) is 0 Å². The number of rotatable bonds is 5. The van der Waals surface area contributed by atoms with E-state index in [1.807, 2.05) is 18.2 Å². The third kappa shape index (κ3) is 4.08. The average Bonchev–Trinajstić information content (AvgIpc) is 2.64. The molecule has 5 nitrogen and oxygen atoms in total. The lowest BCUT2D eigenvalue weighted by atomic mass is 10.2. The number of ether oxygens (including phenoxy) is 1. The van der Waals surface area contributed by atoms with Crippen LogP contribution in [0.1, 0.15) is 10.4 Å². The van der Waals surface area contributed by atoms with Crippen LogP contribution in [0, 0.1) is 0 Å². The molecule has 1 aromatic heterocycles. The monoisotopic (exact) mass is 353 g/mol. The third-order valence-electron chi connectivity index (χ3n) is 3.53. The van der Waals surface area contributed by atoms with Gasteiger partial charge in [-0.25, -0.2) is 4.98 Å². The quantitative estimate of drug-likeness (QED) is 0.695. The number of amides is 1. The van der Waals surface area contributed by atoms with E-state index in [4.69, 9.17) is 16.3 Å². The fraction of sp³-hybridized carbons (Fsp3) is 0.0526. The Morgan fingerprint density at radius 2 is 1.80 bits per heavy atom. The maximum absolute atomic E-state index is 12.6. The lowest BCUT2D eigenvalue weighted by Crippen LogP contribution is -2.14. The number of carbonyl (C=O) groups is 1. The first-order chi connectivity index (χ1) is 12.2. The molecule has 0 spiro atoms. The Labute approximate surface area is 150 Å². The predicted octanol–water partition coefficient (Wildman–Crippen LogP) is 4.74. The molecule has 2 aromatic carbocycles. The summed E-state index contributed by atoms with van der Waals surface area (Å²) in [5, 5.41) is 6.50. The number of benzene rings is 2. The molecule has 3 aromatic rings. The Morgan fingerprint density at radius 3 is 2.52 bits per heavy atom. The summed E-state index contributed by atoms with van der Waals surface area (Å²) < 4.78 is 5.11. The molecule has 1 heterocycles. The molecule has 0 atom stereocenters. The molecule has 0 fully saturated rings. The highest BCUT2D eigenvalue weighted by Gasteiger charge is 2.13. The van der Waals surface area contributed by atoms with E-state index in [0.29, 0.717) is 27.8 Å². The summed E-state index contributed by atoms with van der Waals surface area (Å²) in [6, 6.07) is 17.8. The molecule has 25 heavy (non-hydrogen) atoms. The van der Waals surface area contributed by atoms with Crippen molar-refractivity contribution < 1.29 is 9.53 Å². The van der Waals surface area contributed by atoms with Crippen molar-refractivity contribution in [2.45, 2.75) is 0 Å². The van der Waals surface area contributed by atoms with Gasteiger partial charge in [0.05, 0.1) is 23.4 Å². The Morgan fingerprint density at radius 1 is 1.04 bits per heavy atom. The fourth-order valence-electron chi connectivity index (χ4n) is 2.25. The van der Waals surface area contributed by atoms with E-state index in [-0.39, 0.29) is 5.91 Å². The van der Waals surface area contributed by atoms with Crippen LogP contribution in [0.4, 0.5) is 17.2 Å². The summed E-state index contributed by atoms with van der Waals surface area (Å²) in [6.45, 7) is 0. The SMILES string of the molecule is COc1ccc(NC(=O)c2cccnc2Nc2ccccc2Cl)cc1. The number of carbonyl (C=O) groups excluding carboxylic acids is 1. The van der Waals surface area contributed by atoms with Gasteiger partial charge in [0, 0.05) is 11.9 Å². The van der Waals surface area contributed by atoms with Crippen molar-refractivity contribution >= 4 is 34.7 Å². The minimum atomic E-state index is -0.271. The van der Waals surface area contributed by atoms with Crippen LogP contribution < -0.4 is 15.4 Å². The van der Waals surface area contributed by atoms with Crippen LogP contribution in [-0.4, -0.2) is 18.0 Å². The zero-order chi connectivity index (χ0) is 17.6. The van der Waals surface area contributed by atoms with Gasteiger partial charge < -0.3 is 15.4 Å². The molecule has 3 rings (SSSR count). The number of halogens is 1. The summed E-state index contributed by atoms with van der Waals surface area (Å²) in [7, 11) is 1.59. The molecular weight excluding hydrogens is 338 g/mol. The number of pyridine rings is 1. The molecule has 0 saturated carbocycles. The number of hydrogen-bond donors (Lipinski definition) is 2. The summed E-state index contributed by atoms with van der Waals surface area (Å²) >= 11 is 6.16. The topological polar surface area (TPSA) is 63.2 Å². The number of para-hydroxylation sites is 1. The van der Waals surface area contributed by atoms with Gasteiger partial charge in [-0.05, 0) is 48.5 Å². The van der Waals surface area contributed by atoms with Crippen molar-refractivity contribution in [3.05, 3.63) is 77.4 Å². The predicted molar refractivity (Wildman–Crippen MR) is 99.9 cm³/mol. The minimum Gasteiger partial charge on any atom is -0.497 e. The molecule has 0 bridgehead atoms. The first-order valence-corrected chi connectivity index (χ1v) is 7.97. The van der Waals surface area contributed by atoms with Gasteiger partial charge in [-0.15, -0.1) is 0 Å². The highest BCUT2D eigenvalue weighted by Crippen LogP contribution is 2.26. The van der Waals surface area contributed by atoms with Crippen molar-refractivity contribution in [1.82, 2.24) is 4.98 Å². The summed E-state index contributed by atoms with van der Waals surface area (Å²) in [4.78, 5) is 16.9. The number of aromatic nitrogens is 1. The maximum Gasteiger partial charge on any atom is 0.259 e. The van der Waals surface area contributed by atoms with E-state index >= 15 is 0 Å². The number of methoxy groups -OCH3 is 1. The van der Waals surface area contributed by atoms with E-state index < -0.39 is 0 Å². The number of hydrogen-bond acceptors (Lipinski definition) is 4.